The summed E-state index contributed by atoms with van der Waals surface area (Å²) in [6.07, 6.45) is 1.76. The van der Waals surface area contributed by atoms with Gasteiger partial charge in [-0.1, -0.05) is 13.8 Å². The number of nitrogens with zero attached hydrogens (tertiary/aromatic N) is 5. The molecule has 0 bridgehead atoms. The minimum Gasteiger partial charge on any atom is -0.315 e. The fraction of sp³-hybridized carbons (Fsp3) is 0.263. The zero-order chi connectivity index (χ0) is 18.4. The molecule has 4 aromatic rings. The SMILES string of the molecule is Cc1nc2nc3ccn(CC(C)C)c(=O)c3c(-c3ccc(F)cc3)n2n1. The lowest BCUT2D eigenvalue weighted by molar-refractivity contribution is 0.513. The molecule has 0 aliphatic rings. The second-order valence-corrected chi connectivity index (χ2v) is 6.77. The molecule has 26 heavy (non-hydrogen) atoms. The van der Waals surface area contributed by atoms with Gasteiger partial charge in [0.15, 0.2) is 0 Å². The molecule has 0 spiro atoms. The Morgan fingerprint density at radius 1 is 1.12 bits per heavy atom. The molecule has 0 unspecified atom stereocenters. The normalized spacial score (nSPS) is 11.7. The monoisotopic (exact) mass is 351 g/mol. The van der Waals surface area contributed by atoms with E-state index in [1.165, 1.54) is 12.1 Å². The van der Waals surface area contributed by atoms with Gasteiger partial charge in [0, 0.05) is 18.3 Å². The van der Waals surface area contributed by atoms with E-state index in [1.807, 2.05) is 6.07 Å². The Bertz CT molecular complexity index is 1170. The first-order valence-corrected chi connectivity index (χ1v) is 8.46. The van der Waals surface area contributed by atoms with Crippen molar-refractivity contribution >= 4 is 16.7 Å². The molecular weight excluding hydrogens is 333 g/mol. The number of benzene rings is 1. The van der Waals surface area contributed by atoms with Crippen LogP contribution in [0.2, 0.25) is 0 Å². The van der Waals surface area contributed by atoms with Crippen LogP contribution in [-0.4, -0.2) is 24.1 Å². The summed E-state index contributed by atoms with van der Waals surface area (Å²) in [6, 6.07) is 7.83. The van der Waals surface area contributed by atoms with E-state index in [-0.39, 0.29) is 11.4 Å². The fourth-order valence-electron chi connectivity index (χ4n) is 3.13. The van der Waals surface area contributed by atoms with Crippen molar-refractivity contribution in [3.05, 3.63) is 58.5 Å². The number of hydrogen-bond donors (Lipinski definition) is 0. The van der Waals surface area contributed by atoms with Gasteiger partial charge in [-0.25, -0.2) is 9.37 Å². The molecular formula is C19H18FN5O. The van der Waals surface area contributed by atoms with Crippen molar-refractivity contribution < 1.29 is 4.39 Å². The van der Waals surface area contributed by atoms with E-state index in [0.29, 0.717) is 46.2 Å². The molecule has 3 aromatic heterocycles. The third kappa shape index (κ3) is 2.65. The second kappa shape index (κ2) is 6.01. The van der Waals surface area contributed by atoms with Crippen molar-refractivity contribution in [2.75, 3.05) is 0 Å². The van der Waals surface area contributed by atoms with E-state index in [2.05, 4.69) is 28.9 Å². The lowest BCUT2D eigenvalue weighted by Crippen LogP contribution is -2.23. The van der Waals surface area contributed by atoms with Gasteiger partial charge in [-0.15, -0.1) is 5.10 Å². The van der Waals surface area contributed by atoms with E-state index in [0.717, 1.165) is 0 Å². The number of rotatable bonds is 3. The van der Waals surface area contributed by atoms with Crippen LogP contribution in [0.15, 0.2) is 41.3 Å². The van der Waals surface area contributed by atoms with Crippen LogP contribution in [0, 0.1) is 18.7 Å². The topological polar surface area (TPSA) is 65.1 Å². The number of aromatic nitrogens is 5. The van der Waals surface area contributed by atoms with Gasteiger partial charge in [0.2, 0.25) is 0 Å². The Morgan fingerprint density at radius 2 is 1.85 bits per heavy atom. The first-order chi connectivity index (χ1) is 12.4. The number of aryl methyl sites for hydroxylation is 1. The summed E-state index contributed by atoms with van der Waals surface area (Å²) in [5.74, 6) is 0.953. The maximum absolute atomic E-state index is 13.4. The maximum atomic E-state index is 13.4. The zero-order valence-electron chi connectivity index (χ0n) is 14.8. The summed E-state index contributed by atoms with van der Waals surface area (Å²) in [7, 11) is 0. The van der Waals surface area contributed by atoms with Gasteiger partial charge in [0.05, 0.1) is 16.6 Å². The van der Waals surface area contributed by atoms with Gasteiger partial charge >= 0.3 is 0 Å². The van der Waals surface area contributed by atoms with E-state index < -0.39 is 0 Å². The summed E-state index contributed by atoms with van der Waals surface area (Å²) in [4.78, 5) is 22.0. The van der Waals surface area contributed by atoms with Crippen molar-refractivity contribution in [1.82, 2.24) is 24.1 Å². The number of fused-ring (bicyclic) bond motifs is 2. The van der Waals surface area contributed by atoms with Crippen LogP contribution in [0.25, 0.3) is 27.9 Å². The van der Waals surface area contributed by atoms with Crippen LogP contribution in [0.4, 0.5) is 4.39 Å². The lowest BCUT2D eigenvalue weighted by atomic mass is 10.1. The lowest BCUT2D eigenvalue weighted by Gasteiger charge is -2.12. The summed E-state index contributed by atoms with van der Waals surface area (Å²) in [5.41, 5.74) is 1.68. The van der Waals surface area contributed by atoms with Gasteiger partial charge in [0.1, 0.15) is 11.6 Å². The maximum Gasteiger partial charge on any atom is 0.262 e. The molecule has 0 fully saturated rings. The van der Waals surface area contributed by atoms with Crippen molar-refractivity contribution in [2.24, 2.45) is 5.92 Å². The zero-order valence-corrected chi connectivity index (χ0v) is 14.8. The first-order valence-electron chi connectivity index (χ1n) is 8.46. The van der Waals surface area contributed by atoms with Gasteiger partial charge in [-0.05, 0) is 43.2 Å². The quantitative estimate of drug-likeness (QED) is 0.568. The van der Waals surface area contributed by atoms with Crippen molar-refractivity contribution in [3.8, 4) is 11.3 Å². The van der Waals surface area contributed by atoms with E-state index >= 15 is 0 Å². The van der Waals surface area contributed by atoms with Gasteiger partial charge < -0.3 is 4.57 Å². The summed E-state index contributed by atoms with van der Waals surface area (Å²) < 4.78 is 16.6. The molecule has 132 valence electrons. The van der Waals surface area contributed by atoms with Crippen molar-refractivity contribution in [1.29, 1.82) is 0 Å². The van der Waals surface area contributed by atoms with Gasteiger partial charge in [-0.3, -0.25) is 4.79 Å². The predicted octanol–water partition coefficient (Wildman–Crippen LogP) is 3.21. The minimum absolute atomic E-state index is 0.141. The largest absolute Gasteiger partial charge is 0.315 e. The fourth-order valence-corrected chi connectivity index (χ4v) is 3.13. The van der Waals surface area contributed by atoms with Crippen LogP contribution in [0.1, 0.15) is 19.7 Å². The number of halogens is 1. The minimum atomic E-state index is -0.338. The molecule has 0 N–H and O–H groups in total. The highest BCUT2D eigenvalue weighted by Crippen LogP contribution is 2.26. The average Bonchev–Trinajstić information content (AvgIpc) is 2.96. The molecule has 0 saturated carbocycles. The predicted molar refractivity (Wildman–Crippen MR) is 97.5 cm³/mol. The van der Waals surface area contributed by atoms with E-state index in [1.54, 1.807) is 34.3 Å². The molecule has 0 atom stereocenters. The van der Waals surface area contributed by atoms with Crippen LogP contribution >= 0.6 is 0 Å². The molecule has 0 amide bonds. The highest BCUT2D eigenvalue weighted by molar-refractivity contribution is 5.93. The molecule has 3 heterocycles. The summed E-state index contributed by atoms with van der Waals surface area (Å²) >= 11 is 0. The Morgan fingerprint density at radius 3 is 2.54 bits per heavy atom. The van der Waals surface area contributed by atoms with E-state index in [4.69, 9.17) is 0 Å². The summed E-state index contributed by atoms with van der Waals surface area (Å²) in [5, 5.41) is 4.85. The Labute approximate surface area is 148 Å². The Hall–Kier alpha value is -3.09. The molecule has 4 rings (SSSR count). The van der Waals surface area contributed by atoms with Crippen molar-refractivity contribution in [3.63, 3.8) is 0 Å². The Balaban J connectivity index is 2.15. The standard InChI is InChI=1S/C19H18FN5O/c1-11(2)10-24-9-8-15-16(18(24)26)17(13-4-6-14(20)7-5-13)25-19(22-15)21-12(3)23-25/h4-9,11H,10H2,1-3H3. The third-order valence-electron chi connectivity index (χ3n) is 4.19. The third-order valence-corrected chi connectivity index (χ3v) is 4.19. The molecule has 0 aliphatic carbocycles. The van der Waals surface area contributed by atoms with Crippen molar-refractivity contribution in [2.45, 2.75) is 27.3 Å². The first kappa shape index (κ1) is 16.4. The molecule has 6 nitrogen and oxygen atoms in total. The van der Waals surface area contributed by atoms with Crippen LogP contribution in [0.5, 0.6) is 0 Å². The highest BCUT2D eigenvalue weighted by atomic mass is 19.1. The smallest absolute Gasteiger partial charge is 0.262 e. The van der Waals surface area contributed by atoms with Gasteiger partial charge in [0.25, 0.3) is 11.3 Å². The second-order valence-electron chi connectivity index (χ2n) is 6.77. The molecule has 0 aliphatic heterocycles. The van der Waals surface area contributed by atoms with Crippen LogP contribution in [0.3, 0.4) is 0 Å². The number of hydrogen-bond acceptors (Lipinski definition) is 4. The van der Waals surface area contributed by atoms with Gasteiger partial charge in [-0.2, -0.15) is 9.50 Å². The van der Waals surface area contributed by atoms with Crippen LogP contribution < -0.4 is 5.56 Å². The average molecular weight is 351 g/mol. The molecule has 7 heteroatoms. The van der Waals surface area contributed by atoms with E-state index in [9.17, 15) is 9.18 Å². The summed E-state index contributed by atoms with van der Waals surface area (Å²) in [6.45, 7) is 6.48. The highest BCUT2D eigenvalue weighted by Gasteiger charge is 2.18. The molecule has 0 saturated heterocycles. The molecule has 0 radical (unpaired) electrons. The Kier molecular flexibility index (Phi) is 3.79. The molecule has 1 aromatic carbocycles. The van der Waals surface area contributed by atoms with Crippen LogP contribution in [-0.2, 0) is 6.54 Å². The number of pyridine rings is 1.